The first kappa shape index (κ1) is 16.6. The Hall–Kier alpha value is -2.21. The van der Waals surface area contributed by atoms with E-state index < -0.39 is 0 Å². The normalized spacial score (nSPS) is 17.2. The van der Waals surface area contributed by atoms with E-state index in [2.05, 4.69) is 0 Å². The zero-order valence-electron chi connectivity index (χ0n) is 13.5. The first-order valence-corrected chi connectivity index (χ1v) is 8.54. The molecule has 4 nitrogen and oxygen atoms in total. The summed E-state index contributed by atoms with van der Waals surface area (Å²) in [7, 11) is 3.17. The number of benzene rings is 2. The maximum absolute atomic E-state index is 13.4. The Morgan fingerprint density at radius 3 is 2.67 bits per heavy atom. The molecule has 1 aliphatic heterocycles. The lowest BCUT2D eigenvalue weighted by atomic mass is 10.1. The summed E-state index contributed by atoms with van der Waals surface area (Å²) in [4.78, 5) is 14.0. The quantitative estimate of drug-likeness (QED) is 0.828. The van der Waals surface area contributed by atoms with Gasteiger partial charge in [0.1, 0.15) is 11.2 Å². The summed E-state index contributed by atoms with van der Waals surface area (Å²) < 4.78 is 24.0. The van der Waals surface area contributed by atoms with Crippen LogP contribution in [-0.2, 0) is 11.3 Å². The molecular weight excluding hydrogens is 329 g/mol. The zero-order chi connectivity index (χ0) is 17.1. The van der Waals surface area contributed by atoms with Crippen molar-refractivity contribution < 1.29 is 18.7 Å². The number of ether oxygens (including phenoxy) is 2. The summed E-state index contributed by atoms with van der Waals surface area (Å²) in [6, 6.07) is 12.0. The Kier molecular flexibility index (Phi) is 4.94. The van der Waals surface area contributed by atoms with Crippen molar-refractivity contribution >= 4 is 17.7 Å². The van der Waals surface area contributed by atoms with Gasteiger partial charge in [0.15, 0.2) is 11.5 Å². The smallest absolute Gasteiger partial charge is 0.234 e. The number of hydrogen-bond acceptors (Lipinski definition) is 4. The van der Waals surface area contributed by atoms with Gasteiger partial charge >= 0.3 is 0 Å². The number of methoxy groups -OCH3 is 2. The number of amides is 1. The average Bonchev–Trinajstić information content (AvgIpc) is 2.95. The van der Waals surface area contributed by atoms with Crippen LogP contribution in [0, 0.1) is 5.82 Å². The van der Waals surface area contributed by atoms with Crippen molar-refractivity contribution in [2.75, 3.05) is 20.0 Å². The fourth-order valence-electron chi connectivity index (χ4n) is 2.74. The van der Waals surface area contributed by atoms with Gasteiger partial charge in [-0.05, 0) is 35.4 Å². The summed E-state index contributed by atoms with van der Waals surface area (Å²) in [6.45, 7) is 0.378. The summed E-state index contributed by atoms with van der Waals surface area (Å²) in [5, 5.41) is -0.124. The Balaban J connectivity index is 1.87. The molecule has 2 aromatic carbocycles. The van der Waals surface area contributed by atoms with Crippen LogP contribution in [0.15, 0.2) is 42.5 Å². The van der Waals surface area contributed by atoms with Crippen LogP contribution in [0.25, 0.3) is 0 Å². The molecule has 6 heteroatoms. The number of hydrogen-bond donors (Lipinski definition) is 0. The minimum atomic E-state index is -0.297. The van der Waals surface area contributed by atoms with Gasteiger partial charge in [-0.3, -0.25) is 4.79 Å². The van der Waals surface area contributed by atoms with E-state index in [9.17, 15) is 9.18 Å². The largest absolute Gasteiger partial charge is 0.493 e. The Bertz CT molecular complexity index is 753. The number of rotatable bonds is 5. The third-order valence-corrected chi connectivity index (χ3v) is 5.16. The van der Waals surface area contributed by atoms with E-state index in [1.807, 2.05) is 24.3 Å². The van der Waals surface area contributed by atoms with Gasteiger partial charge < -0.3 is 14.4 Å². The van der Waals surface area contributed by atoms with Crippen LogP contribution < -0.4 is 9.47 Å². The second kappa shape index (κ2) is 7.13. The lowest BCUT2D eigenvalue weighted by molar-refractivity contribution is -0.128. The van der Waals surface area contributed by atoms with Gasteiger partial charge in [0.25, 0.3) is 0 Å². The monoisotopic (exact) mass is 347 g/mol. The van der Waals surface area contributed by atoms with Crippen LogP contribution >= 0.6 is 11.8 Å². The zero-order valence-corrected chi connectivity index (χ0v) is 14.3. The Morgan fingerprint density at radius 2 is 1.96 bits per heavy atom. The average molecular weight is 347 g/mol. The van der Waals surface area contributed by atoms with Crippen molar-refractivity contribution in [1.82, 2.24) is 4.90 Å². The van der Waals surface area contributed by atoms with Crippen molar-refractivity contribution in [3.05, 3.63) is 59.4 Å². The highest BCUT2D eigenvalue weighted by molar-refractivity contribution is 8.00. The molecule has 1 aliphatic rings. The molecule has 3 rings (SSSR count). The van der Waals surface area contributed by atoms with Crippen molar-refractivity contribution in [3.63, 3.8) is 0 Å². The van der Waals surface area contributed by atoms with Crippen LogP contribution in [0.5, 0.6) is 11.5 Å². The van der Waals surface area contributed by atoms with Gasteiger partial charge in [-0.15, -0.1) is 11.8 Å². The number of thioether (sulfide) groups is 1. The molecule has 0 radical (unpaired) electrons. The molecule has 1 fully saturated rings. The predicted octanol–water partition coefficient (Wildman–Crippen LogP) is 3.62. The van der Waals surface area contributed by atoms with Gasteiger partial charge in [0, 0.05) is 6.54 Å². The maximum Gasteiger partial charge on any atom is 0.234 e. The fraction of sp³-hybridized carbons (Fsp3) is 0.278. The minimum Gasteiger partial charge on any atom is -0.493 e. The third kappa shape index (κ3) is 3.33. The fourth-order valence-corrected chi connectivity index (χ4v) is 3.92. The van der Waals surface area contributed by atoms with Crippen molar-refractivity contribution in [1.29, 1.82) is 0 Å². The van der Waals surface area contributed by atoms with E-state index in [0.29, 0.717) is 23.8 Å². The van der Waals surface area contributed by atoms with E-state index in [4.69, 9.17) is 9.47 Å². The summed E-state index contributed by atoms with van der Waals surface area (Å²) >= 11 is 1.55. The van der Waals surface area contributed by atoms with E-state index in [1.54, 1.807) is 36.9 Å². The molecule has 1 saturated heterocycles. The molecule has 0 aromatic heterocycles. The van der Waals surface area contributed by atoms with Gasteiger partial charge in [-0.2, -0.15) is 0 Å². The van der Waals surface area contributed by atoms with Gasteiger partial charge in [-0.25, -0.2) is 4.39 Å². The minimum absolute atomic E-state index is 0.0454. The molecule has 0 spiro atoms. The van der Waals surface area contributed by atoms with Crippen molar-refractivity contribution in [2.24, 2.45) is 0 Å². The Labute approximate surface area is 144 Å². The van der Waals surface area contributed by atoms with Gasteiger partial charge in [0.2, 0.25) is 5.91 Å². The van der Waals surface area contributed by atoms with E-state index in [0.717, 1.165) is 11.1 Å². The van der Waals surface area contributed by atoms with Crippen LogP contribution in [-0.4, -0.2) is 30.8 Å². The molecule has 0 bridgehead atoms. The molecule has 1 heterocycles. The lowest BCUT2D eigenvalue weighted by Gasteiger charge is -2.25. The molecule has 1 amide bonds. The molecule has 0 aliphatic carbocycles. The van der Waals surface area contributed by atoms with Crippen molar-refractivity contribution in [2.45, 2.75) is 11.9 Å². The first-order valence-electron chi connectivity index (χ1n) is 7.50. The summed E-state index contributed by atoms with van der Waals surface area (Å²) in [6.07, 6.45) is 0. The molecule has 1 atom stereocenters. The standard InChI is InChI=1S/C18H18FNO3S/c1-22-15-7-6-13(9-16(15)23-2)18-20(17(21)11-24-18)10-12-4-3-5-14(19)8-12/h3-9,18H,10-11H2,1-2H3. The van der Waals surface area contributed by atoms with Crippen LogP contribution in [0.3, 0.4) is 0 Å². The molecule has 0 N–H and O–H groups in total. The SMILES string of the molecule is COc1ccc(C2SCC(=O)N2Cc2cccc(F)c2)cc1OC. The molecule has 1 unspecified atom stereocenters. The topological polar surface area (TPSA) is 38.8 Å². The molecular formula is C18H18FNO3S. The van der Waals surface area contributed by atoms with E-state index >= 15 is 0 Å². The highest BCUT2D eigenvalue weighted by Crippen LogP contribution is 2.42. The lowest BCUT2D eigenvalue weighted by Crippen LogP contribution is -2.27. The summed E-state index contributed by atoms with van der Waals surface area (Å²) in [5.74, 6) is 1.43. The number of carbonyl (C=O) groups is 1. The number of halogens is 1. The predicted molar refractivity (Wildman–Crippen MR) is 91.7 cm³/mol. The molecule has 2 aromatic rings. The second-order valence-corrected chi connectivity index (χ2v) is 6.50. The van der Waals surface area contributed by atoms with Crippen LogP contribution in [0.4, 0.5) is 4.39 Å². The summed E-state index contributed by atoms with van der Waals surface area (Å²) in [5.41, 5.74) is 1.73. The van der Waals surface area contributed by atoms with Crippen LogP contribution in [0.2, 0.25) is 0 Å². The highest BCUT2D eigenvalue weighted by atomic mass is 32.2. The number of carbonyl (C=O) groups excluding carboxylic acids is 1. The van der Waals surface area contributed by atoms with Crippen LogP contribution in [0.1, 0.15) is 16.5 Å². The highest BCUT2D eigenvalue weighted by Gasteiger charge is 2.33. The van der Waals surface area contributed by atoms with Gasteiger partial charge in [-0.1, -0.05) is 18.2 Å². The Morgan fingerprint density at radius 1 is 1.17 bits per heavy atom. The van der Waals surface area contributed by atoms with E-state index in [1.165, 1.54) is 12.1 Å². The van der Waals surface area contributed by atoms with Gasteiger partial charge in [0.05, 0.1) is 20.0 Å². The number of nitrogens with zero attached hydrogens (tertiary/aromatic N) is 1. The third-order valence-electron chi connectivity index (χ3n) is 3.90. The maximum atomic E-state index is 13.4. The first-order chi connectivity index (χ1) is 11.6. The molecule has 24 heavy (non-hydrogen) atoms. The molecule has 126 valence electrons. The molecule has 0 saturated carbocycles. The second-order valence-electron chi connectivity index (χ2n) is 5.43. The van der Waals surface area contributed by atoms with Crippen molar-refractivity contribution in [3.8, 4) is 11.5 Å². The van der Waals surface area contributed by atoms with E-state index in [-0.39, 0.29) is 17.1 Å².